The number of unbranched alkanes of at least 4 members (excludes halogenated alkanes) is 13. The Morgan fingerprint density at radius 1 is 0.758 bits per heavy atom. The van der Waals surface area contributed by atoms with E-state index in [9.17, 15) is 25.5 Å². The van der Waals surface area contributed by atoms with E-state index in [1.54, 1.807) is 0 Å². The minimum atomic E-state index is -1.48. The Morgan fingerprint density at radius 3 is 1.79 bits per heavy atom. The zero-order chi connectivity index (χ0) is 24.3. The van der Waals surface area contributed by atoms with Gasteiger partial charge in [-0.25, -0.2) is 0 Å². The lowest BCUT2D eigenvalue weighted by atomic mass is 9.99. The summed E-state index contributed by atoms with van der Waals surface area (Å²) >= 11 is 0. The molecular weight excluding hydrogens is 426 g/mol. The molecule has 0 aromatic heterocycles. The van der Waals surface area contributed by atoms with Crippen LogP contribution in [0.3, 0.4) is 0 Å². The number of nitrogens with one attached hydrogen (secondary N) is 1. The van der Waals surface area contributed by atoms with Crippen molar-refractivity contribution in [1.82, 2.24) is 5.32 Å². The molecule has 1 rings (SSSR count). The molecule has 0 amide bonds. The Balaban J connectivity index is 1.90. The van der Waals surface area contributed by atoms with E-state index in [1.807, 2.05) is 0 Å². The summed E-state index contributed by atoms with van der Waals surface area (Å²) in [6.07, 6.45) is 11.2. The zero-order valence-corrected chi connectivity index (χ0v) is 20.7. The van der Waals surface area contributed by atoms with Crippen LogP contribution in [0, 0.1) is 0 Å². The molecule has 0 aliphatic carbocycles. The molecule has 1 unspecified atom stereocenters. The third kappa shape index (κ3) is 14.0. The minimum absolute atomic E-state index is 0.0889. The molecule has 0 aromatic carbocycles. The lowest BCUT2D eigenvalue weighted by molar-refractivity contribution is -0.304. The first-order valence-electron chi connectivity index (χ1n) is 13.3. The van der Waals surface area contributed by atoms with Gasteiger partial charge in [0.05, 0.1) is 19.3 Å². The quantitative estimate of drug-likeness (QED) is 0.139. The first-order valence-corrected chi connectivity index (χ1v) is 13.3. The summed E-state index contributed by atoms with van der Waals surface area (Å²) < 4.78 is 10.6. The van der Waals surface area contributed by atoms with Crippen molar-refractivity contribution in [3.05, 3.63) is 0 Å². The van der Waals surface area contributed by atoms with Crippen molar-refractivity contribution in [1.29, 1.82) is 0 Å². The summed E-state index contributed by atoms with van der Waals surface area (Å²) in [6.45, 7) is 2.85. The van der Waals surface area contributed by atoms with Gasteiger partial charge in [0, 0.05) is 6.54 Å². The molecule has 1 aliphatic rings. The van der Waals surface area contributed by atoms with E-state index < -0.39 is 43.4 Å². The van der Waals surface area contributed by atoms with E-state index in [-0.39, 0.29) is 6.61 Å². The first-order chi connectivity index (χ1) is 16.0. The molecule has 198 valence electrons. The highest BCUT2D eigenvalue weighted by molar-refractivity contribution is 4.89. The Bertz CT molecular complexity index is 441. The van der Waals surface area contributed by atoms with E-state index in [0.29, 0.717) is 6.54 Å². The van der Waals surface area contributed by atoms with Crippen LogP contribution in [0.15, 0.2) is 0 Å². The van der Waals surface area contributed by atoms with Gasteiger partial charge in [-0.05, 0) is 13.0 Å². The monoisotopic (exact) mass is 477 g/mol. The van der Waals surface area contributed by atoms with Crippen LogP contribution in [0.1, 0.15) is 96.8 Å². The van der Waals surface area contributed by atoms with Gasteiger partial charge in [-0.3, -0.25) is 0 Å². The van der Waals surface area contributed by atoms with Gasteiger partial charge in [0.2, 0.25) is 0 Å². The maximum absolute atomic E-state index is 10.0. The molecule has 6 atom stereocenters. The highest BCUT2D eigenvalue weighted by atomic mass is 16.7. The molecule has 0 radical (unpaired) electrons. The molecule has 1 heterocycles. The van der Waals surface area contributed by atoms with Gasteiger partial charge in [0.15, 0.2) is 6.29 Å². The number of ether oxygens (including phenoxy) is 2. The highest BCUT2D eigenvalue weighted by Crippen LogP contribution is 2.22. The number of hydrogen-bond acceptors (Lipinski definition) is 8. The van der Waals surface area contributed by atoms with Crippen molar-refractivity contribution in [2.24, 2.45) is 0 Å². The molecule has 0 bridgehead atoms. The van der Waals surface area contributed by atoms with Crippen LogP contribution in [0.4, 0.5) is 0 Å². The van der Waals surface area contributed by atoms with Crippen molar-refractivity contribution < 1.29 is 35.0 Å². The molecule has 33 heavy (non-hydrogen) atoms. The van der Waals surface area contributed by atoms with Crippen molar-refractivity contribution in [3.8, 4) is 0 Å². The topological polar surface area (TPSA) is 132 Å². The van der Waals surface area contributed by atoms with Gasteiger partial charge in [0.1, 0.15) is 24.4 Å². The summed E-state index contributed by atoms with van der Waals surface area (Å²) in [7, 11) is 0. The van der Waals surface area contributed by atoms with Gasteiger partial charge < -0.3 is 40.3 Å². The summed E-state index contributed by atoms with van der Waals surface area (Å²) in [5.74, 6) is 0. The molecule has 1 fully saturated rings. The SMILES string of the molecule is CCCCCCCCCCCCCCCCNCC(O)CO[C@@H]1O[C@H](CO)[C@H](O)[C@H](O)[C@H]1O. The van der Waals surface area contributed by atoms with Crippen molar-refractivity contribution in [2.75, 3.05) is 26.3 Å². The van der Waals surface area contributed by atoms with Crippen LogP contribution in [-0.2, 0) is 9.47 Å². The standard InChI is InChI=1S/C25H51NO7/c1-2-3-4-5-6-7-8-9-10-11-12-13-14-15-16-26-17-20(28)19-32-25-24(31)23(30)22(29)21(18-27)33-25/h20-31H,2-19H2,1H3/t20?,21-,22+,23+,24-,25-/m1/s1. The molecule has 1 aliphatic heterocycles. The van der Waals surface area contributed by atoms with Crippen molar-refractivity contribution in [3.63, 3.8) is 0 Å². The molecule has 6 N–H and O–H groups in total. The normalized spacial score (nSPS) is 26.5. The Labute approximate surface area is 200 Å². The maximum atomic E-state index is 10.0. The van der Waals surface area contributed by atoms with Crippen molar-refractivity contribution >= 4 is 0 Å². The molecular formula is C25H51NO7. The Hall–Kier alpha value is -0.320. The predicted octanol–water partition coefficient (Wildman–Crippen LogP) is 2.23. The van der Waals surface area contributed by atoms with E-state index in [2.05, 4.69) is 12.2 Å². The maximum Gasteiger partial charge on any atom is 0.186 e. The second kappa shape index (κ2) is 19.9. The van der Waals surface area contributed by atoms with Crippen LogP contribution in [-0.4, -0.2) is 88.6 Å². The smallest absolute Gasteiger partial charge is 0.186 e. The van der Waals surface area contributed by atoms with E-state index in [1.165, 1.54) is 83.5 Å². The fourth-order valence-electron chi connectivity index (χ4n) is 4.18. The van der Waals surface area contributed by atoms with Crippen LogP contribution >= 0.6 is 0 Å². The van der Waals surface area contributed by atoms with Crippen LogP contribution in [0.2, 0.25) is 0 Å². The second-order valence-corrected chi connectivity index (χ2v) is 9.48. The number of aliphatic hydroxyl groups is 5. The molecule has 1 saturated heterocycles. The fourth-order valence-corrected chi connectivity index (χ4v) is 4.18. The summed E-state index contributed by atoms with van der Waals surface area (Å²) in [5.41, 5.74) is 0. The molecule has 8 heteroatoms. The van der Waals surface area contributed by atoms with Gasteiger partial charge in [-0.2, -0.15) is 0 Å². The minimum Gasteiger partial charge on any atom is -0.394 e. The van der Waals surface area contributed by atoms with Gasteiger partial charge in [-0.1, -0.05) is 90.4 Å². The van der Waals surface area contributed by atoms with Crippen molar-refractivity contribution in [2.45, 2.75) is 134 Å². The predicted molar refractivity (Wildman–Crippen MR) is 129 cm³/mol. The lowest BCUT2D eigenvalue weighted by Crippen LogP contribution is -2.59. The van der Waals surface area contributed by atoms with Gasteiger partial charge >= 0.3 is 0 Å². The largest absolute Gasteiger partial charge is 0.394 e. The van der Waals surface area contributed by atoms with Crippen LogP contribution < -0.4 is 5.32 Å². The van der Waals surface area contributed by atoms with E-state index in [4.69, 9.17) is 9.47 Å². The highest BCUT2D eigenvalue weighted by Gasteiger charge is 2.44. The lowest BCUT2D eigenvalue weighted by Gasteiger charge is -2.39. The summed E-state index contributed by atoms with van der Waals surface area (Å²) in [4.78, 5) is 0. The fraction of sp³-hybridized carbons (Fsp3) is 1.00. The Kier molecular flexibility index (Phi) is 18.5. The molecule has 0 saturated carbocycles. The number of rotatable bonds is 21. The van der Waals surface area contributed by atoms with E-state index in [0.717, 1.165) is 13.0 Å². The average Bonchev–Trinajstić information content (AvgIpc) is 2.82. The number of aliphatic hydroxyl groups excluding tert-OH is 5. The first kappa shape index (κ1) is 30.7. The van der Waals surface area contributed by atoms with E-state index >= 15 is 0 Å². The van der Waals surface area contributed by atoms with Crippen LogP contribution in [0.25, 0.3) is 0 Å². The van der Waals surface area contributed by atoms with Crippen LogP contribution in [0.5, 0.6) is 0 Å². The molecule has 0 aromatic rings. The molecule has 0 spiro atoms. The van der Waals surface area contributed by atoms with Gasteiger partial charge in [0.25, 0.3) is 0 Å². The van der Waals surface area contributed by atoms with Gasteiger partial charge in [-0.15, -0.1) is 0 Å². The average molecular weight is 478 g/mol. The Morgan fingerprint density at radius 2 is 1.27 bits per heavy atom. The zero-order valence-electron chi connectivity index (χ0n) is 20.7. The molecule has 8 nitrogen and oxygen atoms in total. The number of hydrogen-bond donors (Lipinski definition) is 6. The summed E-state index contributed by atoms with van der Waals surface area (Å²) in [6, 6.07) is 0. The summed E-state index contributed by atoms with van der Waals surface area (Å²) in [5, 5.41) is 51.8. The third-order valence-electron chi connectivity index (χ3n) is 6.39. The second-order valence-electron chi connectivity index (χ2n) is 9.48. The third-order valence-corrected chi connectivity index (χ3v) is 6.39.